The van der Waals surface area contributed by atoms with Crippen molar-refractivity contribution >= 4 is 29.1 Å². The van der Waals surface area contributed by atoms with Crippen LogP contribution in [-0.2, 0) is 30.3 Å². The van der Waals surface area contributed by atoms with E-state index >= 15 is 0 Å². The number of nitrogens with one attached hydrogen (secondary N) is 1. The Labute approximate surface area is 190 Å². The van der Waals surface area contributed by atoms with Crippen LogP contribution in [0, 0.1) is 0 Å². The molecule has 0 spiro atoms. The first-order valence-corrected chi connectivity index (χ1v) is 9.91. The van der Waals surface area contributed by atoms with E-state index in [1.807, 2.05) is 0 Å². The zero-order valence-corrected chi connectivity index (χ0v) is 18.6. The van der Waals surface area contributed by atoms with Gasteiger partial charge < -0.3 is 19.5 Å². The number of pyridine rings is 1. The Balaban J connectivity index is 1.94. The molecule has 2 aromatic rings. The van der Waals surface area contributed by atoms with E-state index in [2.05, 4.69) is 10.3 Å². The van der Waals surface area contributed by atoms with E-state index in [9.17, 15) is 19.2 Å². The number of nitrogens with zero attached hydrogens (tertiary/aromatic N) is 1. The molecule has 9 heteroatoms. The first-order chi connectivity index (χ1) is 15.8. The van der Waals surface area contributed by atoms with Crippen molar-refractivity contribution in [1.82, 2.24) is 4.98 Å². The molecule has 170 valence electrons. The van der Waals surface area contributed by atoms with E-state index in [0.29, 0.717) is 11.3 Å². The number of amides is 1. The first-order valence-electron chi connectivity index (χ1n) is 9.91. The fraction of sp³-hybridized carbons (Fsp3) is 0.208. The number of allylic oxidation sites excluding steroid dienone is 2. The Kier molecular flexibility index (Phi) is 7.02. The Morgan fingerprint density at radius 1 is 1.03 bits per heavy atom. The summed E-state index contributed by atoms with van der Waals surface area (Å²) in [6.45, 7) is 2.75. The molecule has 33 heavy (non-hydrogen) atoms. The summed E-state index contributed by atoms with van der Waals surface area (Å²) in [7, 11) is 2.57. The summed E-state index contributed by atoms with van der Waals surface area (Å²) in [6, 6.07) is 7.92. The van der Waals surface area contributed by atoms with Gasteiger partial charge in [-0.05, 0) is 36.8 Å². The number of rotatable bonds is 7. The van der Waals surface area contributed by atoms with Gasteiger partial charge in [-0.3, -0.25) is 24.2 Å². The van der Waals surface area contributed by atoms with E-state index in [1.54, 1.807) is 24.4 Å². The van der Waals surface area contributed by atoms with Gasteiger partial charge in [-0.1, -0.05) is 6.07 Å². The van der Waals surface area contributed by atoms with Crippen molar-refractivity contribution < 1.29 is 33.4 Å². The minimum Gasteiger partial charge on any atom is -0.489 e. The highest BCUT2D eigenvalue weighted by Crippen LogP contribution is 2.30. The quantitative estimate of drug-likeness (QED) is 0.388. The third kappa shape index (κ3) is 4.98. The van der Waals surface area contributed by atoms with Crippen molar-refractivity contribution in [3.8, 4) is 5.75 Å². The van der Waals surface area contributed by atoms with Gasteiger partial charge in [0, 0.05) is 30.7 Å². The highest BCUT2D eigenvalue weighted by Gasteiger charge is 2.34. The molecule has 0 bridgehead atoms. The standard InChI is InChI=1S/C24H22N2O7/c1-13-18(21(29)23(32-4)22(31-3)20(13)28)10-15-7-8-17(19(11-15)33-14(2)27)24(30)26-16-6-5-9-25-12-16/h5-9,11-12H,10H2,1-4H3,(H,26,30). The lowest BCUT2D eigenvalue weighted by atomic mass is 9.88. The Morgan fingerprint density at radius 2 is 1.73 bits per heavy atom. The molecule has 0 radical (unpaired) electrons. The maximum Gasteiger partial charge on any atom is 0.308 e. The average molecular weight is 450 g/mol. The predicted molar refractivity (Wildman–Crippen MR) is 117 cm³/mol. The van der Waals surface area contributed by atoms with Crippen LogP contribution in [0.5, 0.6) is 5.75 Å². The summed E-state index contributed by atoms with van der Waals surface area (Å²) >= 11 is 0. The second-order valence-corrected chi connectivity index (χ2v) is 7.13. The van der Waals surface area contributed by atoms with Gasteiger partial charge in [-0.25, -0.2) is 0 Å². The van der Waals surface area contributed by atoms with Crippen LogP contribution in [-0.4, -0.2) is 42.6 Å². The van der Waals surface area contributed by atoms with E-state index in [-0.39, 0.29) is 40.4 Å². The Morgan fingerprint density at radius 3 is 2.33 bits per heavy atom. The number of methoxy groups -OCH3 is 2. The summed E-state index contributed by atoms with van der Waals surface area (Å²) in [6.07, 6.45) is 3.11. The smallest absolute Gasteiger partial charge is 0.308 e. The maximum absolute atomic E-state index is 12.9. The summed E-state index contributed by atoms with van der Waals surface area (Å²) in [5, 5.41) is 2.68. The number of hydrogen-bond acceptors (Lipinski definition) is 8. The highest BCUT2D eigenvalue weighted by atomic mass is 16.5. The van der Waals surface area contributed by atoms with Crippen LogP contribution < -0.4 is 10.1 Å². The van der Waals surface area contributed by atoms with Crippen LogP contribution in [0.4, 0.5) is 5.69 Å². The number of anilines is 1. The summed E-state index contributed by atoms with van der Waals surface area (Å²) in [5.41, 5.74) is 1.59. The second kappa shape index (κ2) is 9.90. The Bertz CT molecular complexity index is 1200. The molecule has 0 unspecified atom stereocenters. The molecular weight excluding hydrogens is 428 g/mol. The normalized spacial score (nSPS) is 13.7. The lowest BCUT2D eigenvalue weighted by molar-refractivity contribution is -0.131. The number of hydrogen-bond donors (Lipinski definition) is 1. The number of Topliss-reactive ketones (excluding diaryl/α,β-unsaturated/α-hetero) is 2. The van der Waals surface area contributed by atoms with Gasteiger partial charge in [0.2, 0.25) is 23.1 Å². The second-order valence-electron chi connectivity index (χ2n) is 7.13. The fourth-order valence-corrected chi connectivity index (χ4v) is 3.35. The lowest BCUT2D eigenvalue weighted by Crippen LogP contribution is -2.26. The SMILES string of the molecule is COC1=C(OC)C(=O)C(Cc2ccc(C(=O)Nc3cccnc3)c(OC(C)=O)c2)=C(C)C1=O. The van der Waals surface area contributed by atoms with Crippen LogP contribution >= 0.6 is 0 Å². The molecule has 0 saturated carbocycles. The molecule has 9 nitrogen and oxygen atoms in total. The molecule has 1 aromatic heterocycles. The largest absolute Gasteiger partial charge is 0.489 e. The van der Waals surface area contributed by atoms with Gasteiger partial charge in [0.15, 0.2) is 0 Å². The van der Waals surface area contributed by atoms with Crippen LogP contribution in [0.25, 0.3) is 0 Å². The van der Waals surface area contributed by atoms with E-state index in [0.717, 1.165) is 0 Å². The number of carbonyl (C=O) groups is 4. The van der Waals surface area contributed by atoms with Gasteiger partial charge in [-0.15, -0.1) is 0 Å². The van der Waals surface area contributed by atoms with Crippen molar-refractivity contribution in [3.05, 3.63) is 76.5 Å². The molecule has 1 aromatic carbocycles. The van der Waals surface area contributed by atoms with E-state index in [4.69, 9.17) is 14.2 Å². The number of ketones is 2. The molecule has 1 aliphatic carbocycles. The zero-order valence-electron chi connectivity index (χ0n) is 18.6. The van der Waals surface area contributed by atoms with E-state index in [1.165, 1.54) is 46.4 Å². The number of benzene rings is 1. The molecule has 1 amide bonds. The zero-order chi connectivity index (χ0) is 24.1. The maximum atomic E-state index is 12.9. The Hall–Kier alpha value is -4.27. The van der Waals surface area contributed by atoms with Crippen molar-refractivity contribution in [2.75, 3.05) is 19.5 Å². The average Bonchev–Trinajstić information content (AvgIpc) is 2.79. The molecular formula is C24H22N2O7. The van der Waals surface area contributed by atoms with Gasteiger partial charge in [0.05, 0.1) is 31.7 Å². The van der Waals surface area contributed by atoms with Crippen LogP contribution in [0.2, 0.25) is 0 Å². The van der Waals surface area contributed by atoms with E-state index < -0.39 is 23.4 Å². The molecule has 0 saturated heterocycles. The highest BCUT2D eigenvalue weighted by molar-refractivity contribution is 6.23. The van der Waals surface area contributed by atoms with Crippen molar-refractivity contribution in [1.29, 1.82) is 0 Å². The predicted octanol–water partition coefficient (Wildman–Crippen LogP) is 2.77. The van der Waals surface area contributed by atoms with Crippen molar-refractivity contribution in [2.45, 2.75) is 20.3 Å². The topological polar surface area (TPSA) is 121 Å². The molecule has 0 fully saturated rings. The van der Waals surface area contributed by atoms with Gasteiger partial charge in [0.25, 0.3) is 5.91 Å². The van der Waals surface area contributed by atoms with Crippen molar-refractivity contribution in [3.63, 3.8) is 0 Å². The number of ether oxygens (including phenoxy) is 3. The number of carbonyl (C=O) groups excluding carboxylic acids is 4. The monoisotopic (exact) mass is 450 g/mol. The number of aromatic nitrogens is 1. The van der Waals surface area contributed by atoms with Crippen LogP contribution in [0.1, 0.15) is 29.8 Å². The molecule has 3 rings (SSSR count). The minimum absolute atomic E-state index is 0.0225. The van der Waals surface area contributed by atoms with Crippen molar-refractivity contribution in [2.24, 2.45) is 0 Å². The van der Waals surface area contributed by atoms with Crippen LogP contribution in [0.3, 0.4) is 0 Å². The summed E-state index contributed by atoms with van der Waals surface area (Å²) in [5.74, 6) is -2.33. The molecule has 0 atom stereocenters. The third-order valence-corrected chi connectivity index (χ3v) is 4.94. The fourth-order valence-electron chi connectivity index (χ4n) is 3.35. The first kappa shape index (κ1) is 23.4. The lowest BCUT2D eigenvalue weighted by Gasteiger charge is -2.20. The minimum atomic E-state index is -0.615. The van der Waals surface area contributed by atoms with Gasteiger partial charge in [-0.2, -0.15) is 0 Å². The molecule has 0 aliphatic heterocycles. The molecule has 1 heterocycles. The summed E-state index contributed by atoms with van der Waals surface area (Å²) < 4.78 is 15.4. The summed E-state index contributed by atoms with van der Waals surface area (Å²) in [4.78, 5) is 53.8. The van der Waals surface area contributed by atoms with Gasteiger partial charge in [0.1, 0.15) is 5.75 Å². The molecule has 1 aliphatic rings. The van der Waals surface area contributed by atoms with Gasteiger partial charge >= 0.3 is 5.97 Å². The van der Waals surface area contributed by atoms with Crippen LogP contribution in [0.15, 0.2) is 65.4 Å². The number of esters is 1. The third-order valence-electron chi connectivity index (χ3n) is 4.94. The molecule has 1 N–H and O–H groups in total.